The number of alkyl carbamates (subject to hydrolysis) is 1. The Hall–Kier alpha value is -6.55. The van der Waals surface area contributed by atoms with Crippen LogP contribution in [-0.4, -0.2) is 78.4 Å². The predicted octanol–water partition coefficient (Wildman–Crippen LogP) is 7.62. The number of fused-ring (bicyclic) bond motifs is 1. The number of ether oxygens (including phenoxy) is 4. The zero-order valence-corrected chi connectivity index (χ0v) is 33.1. The molecule has 16 heteroatoms. The average Bonchev–Trinajstić information content (AvgIpc) is 3.26. The molecule has 0 atom stereocenters. The summed E-state index contributed by atoms with van der Waals surface area (Å²) in [4.78, 5) is 39.1. The molecule has 7 rings (SSSR count). The lowest BCUT2D eigenvalue weighted by Crippen LogP contribution is -2.37. The number of aromatic nitrogens is 3. The molecule has 0 aliphatic carbocycles. The van der Waals surface area contributed by atoms with Crippen molar-refractivity contribution in [2.75, 3.05) is 62.9 Å². The van der Waals surface area contributed by atoms with E-state index in [0.29, 0.717) is 58.6 Å². The second-order valence-electron chi connectivity index (χ2n) is 13.2. The molecule has 2 amide bonds. The van der Waals surface area contributed by atoms with Crippen molar-refractivity contribution in [3.8, 4) is 11.5 Å². The van der Waals surface area contributed by atoms with E-state index < -0.39 is 11.9 Å². The highest BCUT2D eigenvalue weighted by Gasteiger charge is 2.14. The summed E-state index contributed by atoms with van der Waals surface area (Å²) in [6.45, 7) is 5.45. The molecule has 1 aliphatic rings. The van der Waals surface area contributed by atoms with Gasteiger partial charge in [0.15, 0.2) is 11.5 Å². The first-order valence-electron chi connectivity index (χ1n) is 18.8. The largest absolute Gasteiger partial charge is 0.493 e. The van der Waals surface area contributed by atoms with Crippen molar-refractivity contribution >= 4 is 57.4 Å². The van der Waals surface area contributed by atoms with Gasteiger partial charge in [0.05, 0.1) is 48.8 Å². The zero-order chi connectivity index (χ0) is 41.4. The second-order valence-corrected chi connectivity index (χ2v) is 13.6. The van der Waals surface area contributed by atoms with E-state index in [-0.39, 0.29) is 17.5 Å². The van der Waals surface area contributed by atoms with Crippen molar-refractivity contribution in [2.45, 2.75) is 19.6 Å². The quantitative estimate of drug-likeness (QED) is 0.0626. The topological polar surface area (TPSA) is 175 Å². The highest BCUT2D eigenvalue weighted by atomic mass is 35.5. The van der Waals surface area contributed by atoms with Gasteiger partial charge in [0.1, 0.15) is 24.6 Å². The van der Waals surface area contributed by atoms with Crippen LogP contribution in [0.1, 0.15) is 27.9 Å². The molecule has 0 saturated carbocycles. The molecule has 14 nitrogen and oxygen atoms in total. The Morgan fingerprint density at radius 1 is 0.949 bits per heavy atom. The van der Waals surface area contributed by atoms with Gasteiger partial charge >= 0.3 is 6.09 Å². The van der Waals surface area contributed by atoms with Crippen LogP contribution in [0.15, 0.2) is 110 Å². The molecule has 5 N–H and O–H groups in total. The summed E-state index contributed by atoms with van der Waals surface area (Å²) in [5.74, 6) is 1.05. The third kappa shape index (κ3) is 12.5. The second kappa shape index (κ2) is 21.3. The Balaban J connectivity index is 0.000000199. The molecule has 59 heavy (non-hydrogen) atoms. The lowest BCUT2D eigenvalue weighted by Gasteiger charge is -2.26. The molecule has 0 spiro atoms. The molecule has 0 bridgehead atoms. The van der Waals surface area contributed by atoms with Gasteiger partial charge in [0.2, 0.25) is 0 Å². The summed E-state index contributed by atoms with van der Waals surface area (Å²) in [6, 6.07) is 25.7. The molecule has 0 radical (unpaired) electrons. The maximum atomic E-state index is 13.5. The summed E-state index contributed by atoms with van der Waals surface area (Å²) < 4.78 is 35.5. The fraction of sp³-hybridized carbons (Fsp3) is 0.233. The molecule has 1 aliphatic heterocycles. The lowest BCUT2D eigenvalue weighted by molar-refractivity contribution is 0.0357. The predicted molar refractivity (Wildman–Crippen MR) is 225 cm³/mol. The van der Waals surface area contributed by atoms with Crippen molar-refractivity contribution in [2.24, 2.45) is 0 Å². The molecule has 0 unspecified atom stereocenters. The van der Waals surface area contributed by atoms with E-state index in [2.05, 4.69) is 35.8 Å². The number of halogens is 2. The van der Waals surface area contributed by atoms with Gasteiger partial charge < -0.3 is 40.6 Å². The number of amides is 2. The summed E-state index contributed by atoms with van der Waals surface area (Å²) in [7, 11) is 1.60. The molecular weight excluding hydrogens is 779 g/mol. The van der Waals surface area contributed by atoms with Crippen molar-refractivity contribution in [1.29, 1.82) is 0 Å². The van der Waals surface area contributed by atoms with Crippen LogP contribution in [0, 0.1) is 5.82 Å². The number of hydrogen-bond acceptors (Lipinski definition) is 12. The van der Waals surface area contributed by atoms with E-state index in [9.17, 15) is 14.0 Å². The third-order valence-electron chi connectivity index (χ3n) is 9.04. The van der Waals surface area contributed by atoms with Crippen LogP contribution >= 0.6 is 11.6 Å². The zero-order valence-electron chi connectivity index (χ0n) is 32.3. The number of rotatable bonds is 14. The number of carbonyl (C=O) groups excluding carboxylic acids is 2. The smallest absolute Gasteiger partial charge is 0.407 e. The SMILES string of the molecule is COc1cc2ncnc(Nc3ccc(F)c(Cl)c3)c2cc1OCCCN1CCOCC1.Nc1ccccc1NC(=O)c1ccc(CNC(=O)OCc2cccnc2)cc1. The standard InChI is InChI=1S/C22H24ClFN4O3.C21H20N4O3/c1-29-20-13-19-16(12-21(20)31-8-2-5-28-6-9-30-10-7-28)22(26-14-25-19)27-15-3-4-18(24)17(23)11-15;22-18-5-1-2-6-19(18)25-20(26)17-9-7-15(8-10-17)13-24-21(27)28-14-16-4-3-11-23-12-16/h3-4,11-14H,2,5-10H2,1H3,(H,25,26,27);1-12H,13-14,22H2,(H,24,27)(H,25,26). The number of hydrogen-bond donors (Lipinski definition) is 4. The van der Waals surface area contributed by atoms with Crippen LogP contribution < -0.4 is 31.2 Å². The van der Waals surface area contributed by atoms with Gasteiger partial charge in [0.25, 0.3) is 5.91 Å². The van der Waals surface area contributed by atoms with E-state index in [1.165, 1.54) is 18.5 Å². The number of nitrogen functional groups attached to an aromatic ring is 1. The van der Waals surface area contributed by atoms with Crippen molar-refractivity contribution < 1.29 is 32.9 Å². The first-order chi connectivity index (χ1) is 28.7. The molecular formula is C43H44ClFN8O6. The number of nitrogens with one attached hydrogen (secondary N) is 3. The number of morpholine rings is 1. The maximum Gasteiger partial charge on any atom is 0.407 e. The van der Waals surface area contributed by atoms with Gasteiger partial charge in [-0.1, -0.05) is 41.9 Å². The molecule has 1 saturated heterocycles. The maximum absolute atomic E-state index is 13.5. The number of nitrogens with two attached hydrogens (primary N) is 1. The third-order valence-corrected chi connectivity index (χ3v) is 9.33. The van der Waals surface area contributed by atoms with Crippen LogP contribution in [0.4, 0.5) is 32.1 Å². The highest BCUT2D eigenvalue weighted by Crippen LogP contribution is 2.35. The van der Waals surface area contributed by atoms with E-state index in [0.717, 1.165) is 55.8 Å². The molecule has 3 heterocycles. The average molecular weight is 823 g/mol. The van der Waals surface area contributed by atoms with E-state index in [1.54, 1.807) is 80.2 Å². The molecule has 4 aromatic carbocycles. The van der Waals surface area contributed by atoms with E-state index >= 15 is 0 Å². The Kier molecular flexibility index (Phi) is 15.2. The van der Waals surface area contributed by atoms with E-state index in [1.807, 2.05) is 18.2 Å². The first kappa shape index (κ1) is 42.1. The number of carbonyl (C=O) groups is 2. The number of methoxy groups -OCH3 is 1. The summed E-state index contributed by atoms with van der Waals surface area (Å²) in [6.07, 6.45) is 5.12. The Morgan fingerprint density at radius 3 is 2.51 bits per heavy atom. The highest BCUT2D eigenvalue weighted by molar-refractivity contribution is 6.31. The summed E-state index contributed by atoms with van der Waals surface area (Å²) in [5.41, 5.74) is 10.4. The van der Waals surface area contributed by atoms with Crippen LogP contribution in [-0.2, 0) is 22.6 Å². The molecule has 2 aromatic heterocycles. The van der Waals surface area contributed by atoms with Gasteiger partial charge in [-0.2, -0.15) is 0 Å². The van der Waals surface area contributed by atoms with E-state index in [4.69, 9.17) is 36.3 Å². The Morgan fingerprint density at radius 2 is 1.76 bits per heavy atom. The number of pyridine rings is 1. The van der Waals surface area contributed by atoms with Gasteiger partial charge in [-0.3, -0.25) is 14.7 Å². The minimum Gasteiger partial charge on any atom is -0.493 e. The summed E-state index contributed by atoms with van der Waals surface area (Å²) in [5, 5.41) is 9.40. The van der Waals surface area contributed by atoms with Crippen molar-refractivity contribution in [1.82, 2.24) is 25.2 Å². The normalized spacial score (nSPS) is 12.5. The number of para-hydroxylation sites is 2. The van der Waals surface area contributed by atoms with Crippen molar-refractivity contribution in [3.63, 3.8) is 0 Å². The minimum atomic E-state index is -0.523. The van der Waals surface area contributed by atoms with Crippen LogP contribution in [0.5, 0.6) is 11.5 Å². The molecule has 1 fully saturated rings. The summed E-state index contributed by atoms with van der Waals surface area (Å²) >= 11 is 5.90. The monoisotopic (exact) mass is 822 g/mol. The van der Waals surface area contributed by atoms with Gasteiger partial charge in [-0.25, -0.2) is 19.2 Å². The number of nitrogens with zero attached hydrogens (tertiary/aromatic N) is 4. The van der Waals surface area contributed by atoms with Gasteiger partial charge in [0, 0.05) is 66.8 Å². The first-order valence-corrected chi connectivity index (χ1v) is 19.2. The van der Waals surface area contributed by atoms with Gasteiger partial charge in [-0.15, -0.1) is 0 Å². The van der Waals surface area contributed by atoms with Crippen LogP contribution in [0.25, 0.3) is 10.9 Å². The number of anilines is 4. The Bertz CT molecular complexity index is 2320. The van der Waals surface area contributed by atoms with Gasteiger partial charge in [-0.05, 0) is 66.6 Å². The number of benzene rings is 4. The lowest BCUT2D eigenvalue weighted by atomic mass is 10.1. The van der Waals surface area contributed by atoms with Crippen LogP contribution in [0.3, 0.4) is 0 Å². The minimum absolute atomic E-state index is 0.0364. The van der Waals surface area contributed by atoms with Crippen LogP contribution in [0.2, 0.25) is 5.02 Å². The fourth-order valence-corrected chi connectivity index (χ4v) is 6.06. The van der Waals surface area contributed by atoms with Crippen molar-refractivity contribution in [3.05, 3.63) is 137 Å². The molecule has 6 aromatic rings. The fourth-order valence-electron chi connectivity index (χ4n) is 5.88. The Labute approximate surface area is 345 Å². The molecule has 306 valence electrons.